The first kappa shape index (κ1) is 21.6. The van der Waals surface area contributed by atoms with Gasteiger partial charge in [0.15, 0.2) is 0 Å². The number of ether oxygens (including phenoxy) is 1. The van der Waals surface area contributed by atoms with Crippen molar-refractivity contribution in [2.24, 2.45) is 7.05 Å². The van der Waals surface area contributed by atoms with E-state index >= 15 is 0 Å². The second-order valence-corrected chi connectivity index (χ2v) is 9.91. The molecule has 6 heterocycles. The van der Waals surface area contributed by atoms with Crippen molar-refractivity contribution in [3.63, 3.8) is 0 Å². The molecule has 0 aromatic carbocycles. The highest BCUT2D eigenvalue weighted by molar-refractivity contribution is 5.98. The largest absolute Gasteiger partial charge is 0.381 e. The molecule has 8 heteroatoms. The van der Waals surface area contributed by atoms with E-state index in [4.69, 9.17) is 9.72 Å². The fraction of sp³-hybridized carbons (Fsp3) is 0.500. The van der Waals surface area contributed by atoms with Gasteiger partial charge in [-0.05, 0) is 30.9 Å². The van der Waals surface area contributed by atoms with Gasteiger partial charge >= 0.3 is 0 Å². The third-order valence-electron chi connectivity index (χ3n) is 7.50. The number of piperazine rings is 1. The molecule has 0 aliphatic carbocycles. The predicted octanol–water partition coefficient (Wildman–Crippen LogP) is 3.94. The zero-order chi connectivity index (χ0) is 23.2. The normalized spacial score (nSPS) is 18.5. The van der Waals surface area contributed by atoms with Crippen LogP contribution in [-0.2, 0) is 11.8 Å². The summed E-state index contributed by atoms with van der Waals surface area (Å²) in [6, 6.07) is 5.04. The van der Waals surface area contributed by atoms with Gasteiger partial charge in [0.05, 0.1) is 16.7 Å². The number of fused-ring (bicyclic) bond motifs is 2. The van der Waals surface area contributed by atoms with E-state index in [9.17, 15) is 0 Å². The van der Waals surface area contributed by atoms with Gasteiger partial charge in [0.2, 0.25) is 0 Å². The highest BCUT2D eigenvalue weighted by Crippen LogP contribution is 2.38. The highest BCUT2D eigenvalue weighted by Gasteiger charge is 2.27. The molecule has 8 nitrogen and oxygen atoms in total. The Labute approximate surface area is 200 Å². The van der Waals surface area contributed by atoms with Crippen molar-refractivity contribution >= 4 is 27.9 Å². The van der Waals surface area contributed by atoms with Gasteiger partial charge in [-0.15, -0.1) is 0 Å². The Morgan fingerprint density at radius 2 is 1.88 bits per heavy atom. The van der Waals surface area contributed by atoms with Crippen LogP contribution in [0.3, 0.4) is 0 Å². The van der Waals surface area contributed by atoms with Crippen LogP contribution in [0, 0.1) is 0 Å². The van der Waals surface area contributed by atoms with Crippen LogP contribution < -0.4 is 4.90 Å². The van der Waals surface area contributed by atoms with Crippen molar-refractivity contribution in [2.45, 2.75) is 38.6 Å². The topological polar surface area (TPSA) is 75.1 Å². The standard InChI is InChI=1S/C26H33N7O/c1-17(2)23-24(20-15-31(3)26-19(20)14-27-16-28-26)29-21-4-5-22(30-25(21)23)33-10-8-32(9-11-33)18-6-12-34-13-7-18/h4-5,14-18,29H,6-13H2,1-3H3. The lowest BCUT2D eigenvalue weighted by atomic mass is 9.98. The lowest BCUT2D eigenvalue weighted by Gasteiger charge is -2.41. The van der Waals surface area contributed by atoms with E-state index in [1.54, 1.807) is 6.33 Å². The molecule has 2 aliphatic rings. The summed E-state index contributed by atoms with van der Waals surface area (Å²) in [5.74, 6) is 1.41. The van der Waals surface area contributed by atoms with Crippen LogP contribution in [0.15, 0.2) is 30.9 Å². The van der Waals surface area contributed by atoms with E-state index in [2.05, 4.69) is 61.5 Å². The van der Waals surface area contributed by atoms with Gasteiger partial charge in [0.1, 0.15) is 17.8 Å². The number of nitrogens with zero attached hydrogens (tertiary/aromatic N) is 6. The molecule has 4 aromatic heterocycles. The first-order chi connectivity index (χ1) is 16.6. The van der Waals surface area contributed by atoms with Crippen LogP contribution in [0.2, 0.25) is 0 Å². The maximum Gasteiger partial charge on any atom is 0.143 e. The zero-order valence-electron chi connectivity index (χ0n) is 20.3. The Morgan fingerprint density at radius 1 is 1.09 bits per heavy atom. The van der Waals surface area contributed by atoms with E-state index in [0.29, 0.717) is 12.0 Å². The maximum atomic E-state index is 5.55. The molecule has 2 saturated heterocycles. The average Bonchev–Trinajstić information content (AvgIpc) is 3.42. The minimum atomic E-state index is 0.330. The van der Waals surface area contributed by atoms with Crippen molar-refractivity contribution in [1.29, 1.82) is 0 Å². The van der Waals surface area contributed by atoms with Crippen molar-refractivity contribution in [1.82, 2.24) is 29.4 Å². The number of aromatic amines is 1. The fourth-order valence-corrected chi connectivity index (χ4v) is 5.71. The summed E-state index contributed by atoms with van der Waals surface area (Å²) in [6.07, 6.45) is 7.98. The van der Waals surface area contributed by atoms with Crippen molar-refractivity contribution < 1.29 is 4.74 Å². The number of aryl methyl sites for hydroxylation is 1. The molecule has 0 saturated carbocycles. The number of aromatic nitrogens is 5. The van der Waals surface area contributed by atoms with E-state index in [0.717, 1.165) is 91.4 Å². The smallest absolute Gasteiger partial charge is 0.143 e. The summed E-state index contributed by atoms with van der Waals surface area (Å²) in [5.41, 5.74) is 6.61. The van der Waals surface area contributed by atoms with Gasteiger partial charge in [0.25, 0.3) is 0 Å². The molecule has 0 unspecified atom stereocenters. The molecule has 0 atom stereocenters. The molecule has 6 rings (SSSR count). The minimum absolute atomic E-state index is 0.330. The maximum absolute atomic E-state index is 5.55. The molecule has 0 radical (unpaired) electrons. The summed E-state index contributed by atoms with van der Waals surface area (Å²) in [5, 5.41) is 1.06. The van der Waals surface area contributed by atoms with Gasteiger partial charge in [-0.3, -0.25) is 4.90 Å². The van der Waals surface area contributed by atoms with Crippen molar-refractivity contribution in [2.75, 3.05) is 44.3 Å². The van der Waals surface area contributed by atoms with E-state index < -0.39 is 0 Å². The van der Waals surface area contributed by atoms with Gasteiger partial charge < -0.3 is 19.2 Å². The lowest BCUT2D eigenvalue weighted by Crippen LogP contribution is -2.51. The first-order valence-electron chi connectivity index (χ1n) is 12.4. The summed E-state index contributed by atoms with van der Waals surface area (Å²) >= 11 is 0. The monoisotopic (exact) mass is 459 g/mol. The lowest BCUT2D eigenvalue weighted by molar-refractivity contribution is 0.0321. The molecule has 4 aromatic rings. The van der Waals surface area contributed by atoms with Crippen LogP contribution in [0.1, 0.15) is 38.2 Å². The summed E-state index contributed by atoms with van der Waals surface area (Å²) in [4.78, 5) is 22.7. The number of nitrogens with one attached hydrogen (secondary N) is 1. The van der Waals surface area contributed by atoms with Gasteiger partial charge in [-0.25, -0.2) is 15.0 Å². The van der Waals surface area contributed by atoms with E-state index in [1.165, 1.54) is 5.56 Å². The average molecular weight is 460 g/mol. The first-order valence-corrected chi connectivity index (χ1v) is 12.4. The third kappa shape index (κ3) is 3.65. The van der Waals surface area contributed by atoms with Crippen LogP contribution >= 0.6 is 0 Å². The van der Waals surface area contributed by atoms with Crippen LogP contribution in [0.4, 0.5) is 5.82 Å². The highest BCUT2D eigenvalue weighted by atomic mass is 16.5. The van der Waals surface area contributed by atoms with E-state index in [1.807, 2.05) is 13.2 Å². The predicted molar refractivity (Wildman–Crippen MR) is 135 cm³/mol. The summed E-state index contributed by atoms with van der Waals surface area (Å²) in [7, 11) is 2.03. The van der Waals surface area contributed by atoms with Crippen molar-refractivity contribution in [3.8, 4) is 11.3 Å². The SMILES string of the molecule is CC(C)c1c(-c2cn(C)c3ncncc23)[nH]c2ccc(N3CCN(C4CCOCC4)CC3)nc12. The number of anilines is 1. The zero-order valence-corrected chi connectivity index (χ0v) is 20.3. The molecule has 1 N–H and O–H groups in total. The number of rotatable bonds is 4. The number of hydrogen-bond donors (Lipinski definition) is 1. The Kier molecular flexibility index (Phi) is 5.50. The van der Waals surface area contributed by atoms with Gasteiger partial charge in [0, 0.05) is 81.4 Å². The molecule has 2 fully saturated rings. The molecule has 0 bridgehead atoms. The quantitative estimate of drug-likeness (QED) is 0.498. The molecular weight excluding hydrogens is 426 g/mol. The second-order valence-electron chi connectivity index (χ2n) is 9.91. The summed E-state index contributed by atoms with van der Waals surface area (Å²) < 4.78 is 7.62. The third-order valence-corrected chi connectivity index (χ3v) is 7.50. The molecule has 2 aliphatic heterocycles. The molecule has 0 spiro atoms. The Bertz CT molecular complexity index is 1310. The number of H-pyrrole nitrogens is 1. The van der Waals surface area contributed by atoms with Crippen LogP contribution in [-0.4, -0.2) is 74.8 Å². The van der Waals surface area contributed by atoms with Crippen molar-refractivity contribution in [3.05, 3.63) is 36.4 Å². The van der Waals surface area contributed by atoms with E-state index in [-0.39, 0.29) is 0 Å². The Hall–Kier alpha value is -2.97. The van der Waals surface area contributed by atoms with Gasteiger partial charge in [-0.1, -0.05) is 13.8 Å². The molecular formula is C26H33N7O. The van der Waals surface area contributed by atoms with Gasteiger partial charge in [-0.2, -0.15) is 0 Å². The Morgan fingerprint density at radius 3 is 2.65 bits per heavy atom. The van der Waals surface area contributed by atoms with Crippen LogP contribution in [0.25, 0.3) is 33.3 Å². The second kappa shape index (κ2) is 8.67. The fourth-order valence-electron chi connectivity index (χ4n) is 5.71. The van der Waals surface area contributed by atoms with Crippen LogP contribution in [0.5, 0.6) is 0 Å². The number of pyridine rings is 1. The molecule has 34 heavy (non-hydrogen) atoms. The summed E-state index contributed by atoms with van der Waals surface area (Å²) in [6.45, 7) is 10.5. The minimum Gasteiger partial charge on any atom is -0.381 e. The molecule has 178 valence electrons. The molecule has 0 amide bonds. The Balaban J connectivity index is 1.33. The number of hydrogen-bond acceptors (Lipinski definition) is 6.